The first-order valence-corrected chi connectivity index (χ1v) is 8.89. The van der Waals surface area contributed by atoms with Crippen molar-refractivity contribution in [2.75, 3.05) is 12.4 Å². The molecule has 1 aromatic heterocycles. The van der Waals surface area contributed by atoms with E-state index in [-0.39, 0.29) is 0 Å². The van der Waals surface area contributed by atoms with E-state index in [1.165, 1.54) is 11.1 Å². The second-order valence-corrected chi connectivity index (χ2v) is 6.81. The van der Waals surface area contributed by atoms with Gasteiger partial charge in [0.2, 0.25) is 0 Å². The zero-order valence-electron chi connectivity index (χ0n) is 15.5. The summed E-state index contributed by atoms with van der Waals surface area (Å²) in [6.45, 7) is 5.97. The predicted molar refractivity (Wildman–Crippen MR) is 107 cm³/mol. The highest BCUT2D eigenvalue weighted by Gasteiger charge is 2.11. The molecule has 1 heterocycles. The third kappa shape index (κ3) is 3.84. The van der Waals surface area contributed by atoms with Crippen LogP contribution in [0.3, 0.4) is 0 Å². The van der Waals surface area contributed by atoms with Gasteiger partial charge in [-0.1, -0.05) is 42.5 Å². The smallest absolute Gasteiger partial charge is 0.103 e. The Morgan fingerprint density at radius 3 is 2.50 bits per heavy atom. The van der Waals surface area contributed by atoms with Crippen molar-refractivity contribution in [1.82, 2.24) is 9.88 Å². The highest BCUT2D eigenvalue weighted by Crippen LogP contribution is 2.26. The number of aromatic nitrogens is 1. The molecular weight excluding hydrogens is 320 g/mol. The van der Waals surface area contributed by atoms with Crippen LogP contribution < -0.4 is 5.32 Å². The molecule has 3 rings (SSSR count). The van der Waals surface area contributed by atoms with E-state index in [1.807, 2.05) is 24.3 Å². The Labute approximate surface area is 155 Å². The molecule has 0 unspecified atom stereocenters. The first kappa shape index (κ1) is 17.9. The number of benzene rings is 2. The molecule has 0 aliphatic rings. The lowest BCUT2D eigenvalue weighted by Gasteiger charge is -2.23. The number of nitrogens with zero attached hydrogens (tertiary/aromatic N) is 3. The Kier molecular flexibility index (Phi) is 5.50. The second kappa shape index (κ2) is 7.99. The summed E-state index contributed by atoms with van der Waals surface area (Å²) in [6.07, 6.45) is 1.64. The Morgan fingerprint density at radius 2 is 1.77 bits per heavy atom. The molecule has 0 radical (unpaired) electrons. The Balaban J connectivity index is 1.89. The van der Waals surface area contributed by atoms with Crippen molar-refractivity contribution < 1.29 is 0 Å². The summed E-state index contributed by atoms with van der Waals surface area (Å²) in [5.41, 5.74) is 4.85. The summed E-state index contributed by atoms with van der Waals surface area (Å²) in [5, 5.41) is 13.9. The fraction of sp³-hybridized carbons (Fsp3) is 0.273. The molecule has 0 saturated carbocycles. The van der Waals surface area contributed by atoms with Gasteiger partial charge < -0.3 is 5.32 Å². The minimum atomic E-state index is 0.491. The number of fused-ring (bicyclic) bond motifs is 1. The molecule has 0 amide bonds. The molecule has 0 saturated heterocycles. The fourth-order valence-corrected chi connectivity index (χ4v) is 2.94. The molecule has 0 bridgehead atoms. The maximum atomic E-state index is 9.47. The summed E-state index contributed by atoms with van der Waals surface area (Å²) in [6, 6.07) is 19.1. The number of hydrogen-bond acceptors (Lipinski definition) is 4. The number of para-hydroxylation sites is 1. The first-order chi connectivity index (χ1) is 12.6. The minimum Gasteiger partial charge on any atom is -0.379 e. The van der Waals surface area contributed by atoms with Gasteiger partial charge in [-0.3, -0.25) is 9.88 Å². The Bertz CT molecular complexity index is 940. The highest BCUT2D eigenvalue weighted by atomic mass is 15.1. The molecule has 1 N–H and O–H groups in total. The molecule has 0 spiro atoms. The van der Waals surface area contributed by atoms with Crippen LogP contribution in [0.2, 0.25) is 0 Å². The van der Waals surface area contributed by atoms with Crippen LogP contribution in [0.4, 0.5) is 5.69 Å². The average Bonchev–Trinajstić information content (AvgIpc) is 2.66. The van der Waals surface area contributed by atoms with Gasteiger partial charge in [-0.05, 0) is 38.1 Å². The minimum absolute atomic E-state index is 0.491. The van der Waals surface area contributed by atoms with E-state index >= 15 is 0 Å². The van der Waals surface area contributed by atoms with E-state index in [9.17, 15) is 5.26 Å². The van der Waals surface area contributed by atoms with Gasteiger partial charge in [0, 0.05) is 30.7 Å². The zero-order valence-corrected chi connectivity index (χ0v) is 15.5. The second-order valence-electron chi connectivity index (χ2n) is 6.81. The molecule has 3 aromatic rings. The Hall–Kier alpha value is -2.90. The van der Waals surface area contributed by atoms with Crippen molar-refractivity contribution in [3.63, 3.8) is 0 Å². The molecular formula is C22H24N4. The number of pyridine rings is 1. The molecule has 132 valence electrons. The zero-order chi connectivity index (χ0) is 18.5. The van der Waals surface area contributed by atoms with E-state index in [0.717, 1.165) is 23.1 Å². The summed E-state index contributed by atoms with van der Waals surface area (Å²) in [7, 11) is 2.14. The van der Waals surface area contributed by atoms with Crippen molar-refractivity contribution >= 4 is 16.6 Å². The maximum absolute atomic E-state index is 9.47. The van der Waals surface area contributed by atoms with Crippen LogP contribution in [0.15, 0.2) is 54.7 Å². The van der Waals surface area contributed by atoms with Gasteiger partial charge in [0.15, 0.2) is 0 Å². The van der Waals surface area contributed by atoms with Gasteiger partial charge >= 0.3 is 0 Å². The van der Waals surface area contributed by atoms with Crippen LogP contribution in [0, 0.1) is 11.3 Å². The number of rotatable bonds is 6. The van der Waals surface area contributed by atoms with Crippen LogP contribution in [0.25, 0.3) is 10.9 Å². The van der Waals surface area contributed by atoms with Gasteiger partial charge in [0.1, 0.15) is 6.07 Å². The van der Waals surface area contributed by atoms with Crippen LogP contribution in [0.1, 0.15) is 30.5 Å². The Morgan fingerprint density at radius 1 is 1.08 bits per heavy atom. The fourth-order valence-electron chi connectivity index (χ4n) is 2.94. The molecule has 0 fully saturated rings. The topological polar surface area (TPSA) is 52.0 Å². The molecule has 0 atom stereocenters. The lowest BCUT2D eigenvalue weighted by Crippen LogP contribution is -2.26. The van der Waals surface area contributed by atoms with Gasteiger partial charge in [-0.2, -0.15) is 5.26 Å². The highest BCUT2D eigenvalue weighted by molar-refractivity contribution is 5.93. The third-order valence-electron chi connectivity index (χ3n) is 4.77. The van der Waals surface area contributed by atoms with Crippen molar-refractivity contribution in [2.45, 2.75) is 33.0 Å². The van der Waals surface area contributed by atoms with E-state index in [4.69, 9.17) is 0 Å². The van der Waals surface area contributed by atoms with Crippen molar-refractivity contribution in [3.05, 3.63) is 71.4 Å². The van der Waals surface area contributed by atoms with E-state index < -0.39 is 0 Å². The normalized spacial score (nSPS) is 11.1. The number of nitrogens with one attached hydrogen (secondary N) is 1. The standard InChI is InChI=1S/C22H24N4/c1-16(2)26(3)15-18-9-5-4-8-17(18)13-25-22-19(12-23)14-24-21-11-7-6-10-20(21)22/h4-11,14,16H,13,15H2,1-3H3,(H,24,25). The third-order valence-corrected chi connectivity index (χ3v) is 4.77. The average molecular weight is 344 g/mol. The van der Waals surface area contributed by atoms with Gasteiger partial charge in [-0.25, -0.2) is 0 Å². The molecule has 4 nitrogen and oxygen atoms in total. The summed E-state index contributed by atoms with van der Waals surface area (Å²) < 4.78 is 0. The summed E-state index contributed by atoms with van der Waals surface area (Å²) in [4.78, 5) is 6.70. The number of anilines is 1. The first-order valence-electron chi connectivity index (χ1n) is 8.89. The largest absolute Gasteiger partial charge is 0.379 e. The number of nitriles is 1. The van der Waals surface area contributed by atoms with E-state index in [0.29, 0.717) is 18.2 Å². The molecule has 0 aliphatic heterocycles. The van der Waals surface area contributed by atoms with E-state index in [2.05, 4.69) is 66.4 Å². The van der Waals surface area contributed by atoms with Gasteiger partial charge in [0.05, 0.1) is 16.8 Å². The van der Waals surface area contributed by atoms with Crippen LogP contribution in [-0.4, -0.2) is 23.0 Å². The van der Waals surface area contributed by atoms with Crippen molar-refractivity contribution in [1.29, 1.82) is 5.26 Å². The maximum Gasteiger partial charge on any atom is 0.103 e. The summed E-state index contributed by atoms with van der Waals surface area (Å²) >= 11 is 0. The van der Waals surface area contributed by atoms with E-state index in [1.54, 1.807) is 6.20 Å². The monoisotopic (exact) mass is 344 g/mol. The van der Waals surface area contributed by atoms with Gasteiger partial charge in [0.25, 0.3) is 0 Å². The quantitative estimate of drug-likeness (QED) is 0.712. The number of hydrogen-bond donors (Lipinski definition) is 1. The van der Waals surface area contributed by atoms with Crippen LogP contribution in [-0.2, 0) is 13.1 Å². The SMILES string of the molecule is CC(C)N(C)Cc1ccccc1CNc1c(C#N)cnc2ccccc12. The predicted octanol–water partition coefficient (Wildman–Crippen LogP) is 4.56. The molecule has 4 heteroatoms. The molecule has 26 heavy (non-hydrogen) atoms. The molecule has 2 aromatic carbocycles. The summed E-state index contributed by atoms with van der Waals surface area (Å²) in [5.74, 6) is 0. The lowest BCUT2D eigenvalue weighted by molar-refractivity contribution is 0.265. The van der Waals surface area contributed by atoms with Crippen LogP contribution >= 0.6 is 0 Å². The molecule has 0 aliphatic carbocycles. The van der Waals surface area contributed by atoms with Crippen molar-refractivity contribution in [2.24, 2.45) is 0 Å². The van der Waals surface area contributed by atoms with Crippen molar-refractivity contribution in [3.8, 4) is 6.07 Å². The lowest BCUT2D eigenvalue weighted by atomic mass is 10.1. The van der Waals surface area contributed by atoms with Gasteiger partial charge in [-0.15, -0.1) is 0 Å². The van der Waals surface area contributed by atoms with Crippen LogP contribution in [0.5, 0.6) is 0 Å².